The third-order valence-electron chi connectivity index (χ3n) is 9.95. The predicted octanol–water partition coefficient (Wildman–Crippen LogP) is 6.62. The highest BCUT2D eigenvalue weighted by Crippen LogP contribution is 2.45. The van der Waals surface area contributed by atoms with Crippen LogP contribution < -0.4 is 38.9 Å². The molecule has 0 unspecified atom stereocenters. The Labute approximate surface area is 325 Å². The number of amides is 1. The number of benzene rings is 3. The van der Waals surface area contributed by atoms with Crippen LogP contribution in [0, 0.1) is 32.1 Å². The Morgan fingerprint density at radius 1 is 1.09 bits per heavy atom. The molecular formula is C40H60N10O3S. The third-order valence-corrected chi connectivity index (χ3v) is 10.7. The molecule has 3 aromatic carbocycles. The van der Waals surface area contributed by atoms with E-state index in [0.29, 0.717) is 24.1 Å². The number of nitrogens with zero attached hydrogens (tertiary/aromatic N) is 3. The Hall–Kier alpha value is -5.02. The number of hydrogen-bond donors (Lipinski definition) is 8. The van der Waals surface area contributed by atoms with Crippen LogP contribution in [-0.2, 0) is 29.1 Å². The Morgan fingerprint density at radius 3 is 2.48 bits per heavy atom. The number of nitrogen functional groups attached to an aromatic ring is 1. The molecule has 14 heteroatoms. The van der Waals surface area contributed by atoms with Gasteiger partial charge in [-0.2, -0.15) is 0 Å². The number of carboxylic acid groups (broad SMARTS) is 1. The molecule has 11 N–H and O–H groups in total. The van der Waals surface area contributed by atoms with Gasteiger partial charge in [-0.3, -0.25) is 19.9 Å². The fourth-order valence-corrected chi connectivity index (χ4v) is 7.30. The van der Waals surface area contributed by atoms with E-state index in [1.807, 2.05) is 32.2 Å². The van der Waals surface area contributed by atoms with Gasteiger partial charge in [0.1, 0.15) is 5.01 Å². The summed E-state index contributed by atoms with van der Waals surface area (Å²) in [7, 11) is 0. The Balaban J connectivity index is 0.00000202. The lowest BCUT2D eigenvalue weighted by Crippen LogP contribution is -2.51. The average Bonchev–Trinajstić information content (AvgIpc) is 3.82. The minimum Gasteiger partial charge on any atom is -0.483 e. The molecule has 0 bridgehead atoms. The Bertz CT molecular complexity index is 1850. The molecule has 294 valence electrons. The van der Waals surface area contributed by atoms with Crippen molar-refractivity contribution < 1.29 is 16.1 Å². The SMILES string of the molecule is CCNc1ccc([C@H](c2ccc(C)c(CNC[C@@H](CC)Cc3ccccc3C)c2)C(C)(C)C(=O)NC2=NNNN2Cc2nccs2)c(C)c1N.N.O=CO.[HH]. The molecule has 1 aliphatic rings. The van der Waals surface area contributed by atoms with Crippen molar-refractivity contribution in [1.82, 2.24) is 37.8 Å². The van der Waals surface area contributed by atoms with Crippen molar-refractivity contribution in [3.05, 3.63) is 110 Å². The molecule has 0 aliphatic carbocycles. The van der Waals surface area contributed by atoms with Gasteiger partial charge in [0.25, 0.3) is 6.47 Å². The summed E-state index contributed by atoms with van der Waals surface area (Å²) in [5, 5.41) is 26.0. The number of anilines is 2. The largest absolute Gasteiger partial charge is 0.483 e. The summed E-state index contributed by atoms with van der Waals surface area (Å²) in [5.41, 5.74) is 21.4. The van der Waals surface area contributed by atoms with E-state index in [0.717, 1.165) is 59.9 Å². The van der Waals surface area contributed by atoms with Crippen molar-refractivity contribution in [3.8, 4) is 0 Å². The standard InChI is InChI=1S/C39H53N9OS.CH2O2.H3N.H2/c1-8-28(20-29-13-11-10-12-25(29)3)22-41-23-31-21-30(15-14-26(31)4)35(32-16-17-33(42-9-2)36(40)27(32)5)39(6,7)37(49)44-38-45-46-47-48(38)24-34-43-18-19-50-34;2-1-3;;/h10-19,21,28,35,41-42,46-47H,8-9,20,22-24,40H2,1-7H3,(H,44,45,49);1H,(H,2,3);1H3;1H/t28-,35-;;;/m0.../s1. The first-order valence-electron chi connectivity index (χ1n) is 18.1. The second-order valence-corrected chi connectivity index (χ2v) is 14.9. The number of hydrazone groups is 1. The van der Waals surface area contributed by atoms with Gasteiger partial charge in [0.15, 0.2) is 0 Å². The van der Waals surface area contributed by atoms with Gasteiger partial charge >= 0.3 is 0 Å². The van der Waals surface area contributed by atoms with Gasteiger partial charge < -0.3 is 27.6 Å². The summed E-state index contributed by atoms with van der Waals surface area (Å²) >= 11 is 1.54. The van der Waals surface area contributed by atoms with Crippen molar-refractivity contribution in [2.24, 2.45) is 16.4 Å². The van der Waals surface area contributed by atoms with E-state index in [1.54, 1.807) is 22.5 Å². The van der Waals surface area contributed by atoms with Gasteiger partial charge in [0.2, 0.25) is 11.9 Å². The van der Waals surface area contributed by atoms with E-state index in [9.17, 15) is 4.79 Å². The average molecular weight is 761 g/mol. The molecule has 5 rings (SSSR count). The predicted molar refractivity (Wildman–Crippen MR) is 222 cm³/mol. The van der Waals surface area contributed by atoms with Gasteiger partial charge in [0.05, 0.1) is 23.3 Å². The summed E-state index contributed by atoms with van der Waals surface area (Å²) in [6.45, 7) is 17.3. The van der Waals surface area contributed by atoms with Crippen molar-refractivity contribution in [1.29, 1.82) is 0 Å². The zero-order valence-electron chi connectivity index (χ0n) is 32.6. The number of aryl methyl sites for hydroxylation is 2. The topological polar surface area (TPSA) is 204 Å². The number of rotatable bonds is 15. The number of guanidine groups is 1. The maximum absolute atomic E-state index is 14.4. The summed E-state index contributed by atoms with van der Waals surface area (Å²) in [6.07, 6.45) is 3.93. The highest BCUT2D eigenvalue weighted by Gasteiger charge is 2.41. The van der Waals surface area contributed by atoms with E-state index in [1.165, 1.54) is 22.3 Å². The molecule has 4 aromatic rings. The second kappa shape index (κ2) is 20.4. The Kier molecular flexibility index (Phi) is 16.4. The van der Waals surface area contributed by atoms with Gasteiger partial charge in [0, 0.05) is 32.0 Å². The van der Waals surface area contributed by atoms with E-state index in [-0.39, 0.29) is 25.9 Å². The van der Waals surface area contributed by atoms with Crippen LogP contribution >= 0.6 is 11.3 Å². The van der Waals surface area contributed by atoms with Crippen LogP contribution in [0.4, 0.5) is 11.4 Å². The number of aromatic nitrogens is 1. The van der Waals surface area contributed by atoms with Crippen molar-refractivity contribution in [3.63, 3.8) is 0 Å². The highest BCUT2D eigenvalue weighted by atomic mass is 32.1. The zero-order valence-corrected chi connectivity index (χ0v) is 33.4. The van der Waals surface area contributed by atoms with Crippen LogP contribution in [0.5, 0.6) is 0 Å². The Morgan fingerprint density at radius 2 is 1.81 bits per heavy atom. The van der Waals surface area contributed by atoms with E-state index in [2.05, 4.69) is 113 Å². The molecule has 0 saturated heterocycles. The fraction of sp³-hybridized carbons (Fsp3) is 0.400. The number of thiazole rings is 1. The molecular weight excluding hydrogens is 701 g/mol. The lowest BCUT2D eigenvalue weighted by atomic mass is 9.69. The van der Waals surface area contributed by atoms with Crippen LogP contribution in [0.3, 0.4) is 0 Å². The van der Waals surface area contributed by atoms with Crippen LogP contribution in [0.15, 0.2) is 71.3 Å². The molecule has 1 aliphatic heterocycles. The first kappa shape index (κ1) is 43.4. The van der Waals surface area contributed by atoms with Gasteiger partial charge in [-0.25, -0.2) is 10.5 Å². The van der Waals surface area contributed by atoms with E-state index >= 15 is 0 Å². The second-order valence-electron chi connectivity index (χ2n) is 13.9. The maximum atomic E-state index is 14.4. The summed E-state index contributed by atoms with van der Waals surface area (Å²) in [6, 6.07) is 19.4. The smallest absolute Gasteiger partial charge is 0.290 e. The number of hydrogen-bond acceptors (Lipinski definition) is 12. The van der Waals surface area contributed by atoms with Crippen molar-refractivity contribution in [2.45, 2.75) is 80.3 Å². The molecule has 1 amide bonds. The summed E-state index contributed by atoms with van der Waals surface area (Å²) in [5.74, 6) is 0.459. The quantitative estimate of drug-likeness (QED) is 0.0478. The molecule has 13 nitrogen and oxygen atoms in total. The van der Waals surface area contributed by atoms with Crippen LogP contribution in [0.25, 0.3) is 0 Å². The summed E-state index contributed by atoms with van der Waals surface area (Å²) in [4.78, 5) is 27.1. The number of nitrogens with one attached hydrogen (secondary N) is 5. The number of nitrogens with two attached hydrogens (primary N) is 1. The zero-order chi connectivity index (χ0) is 38.5. The van der Waals surface area contributed by atoms with Gasteiger partial charge in [-0.1, -0.05) is 75.7 Å². The van der Waals surface area contributed by atoms with Crippen LogP contribution in [0.1, 0.15) is 85.4 Å². The van der Waals surface area contributed by atoms with Crippen LogP contribution in [0.2, 0.25) is 0 Å². The molecule has 0 spiro atoms. The first-order valence-corrected chi connectivity index (χ1v) is 18.9. The monoisotopic (exact) mass is 760 g/mol. The molecule has 2 atom stereocenters. The molecule has 0 radical (unpaired) electrons. The fourth-order valence-electron chi connectivity index (χ4n) is 6.69. The molecule has 0 fully saturated rings. The minimum absolute atomic E-state index is 0. The van der Waals surface area contributed by atoms with Crippen LogP contribution in [-0.4, -0.2) is 46.5 Å². The number of hydrazine groups is 2. The lowest BCUT2D eigenvalue weighted by Gasteiger charge is -2.36. The van der Waals surface area contributed by atoms with Gasteiger partial charge in [-0.15, -0.1) is 22.0 Å². The minimum atomic E-state index is -0.907. The van der Waals surface area contributed by atoms with Gasteiger partial charge in [-0.05, 0) is 91.6 Å². The van der Waals surface area contributed by atoms with Crippen molar-refractivity contribution in [2.75, 3.05) is 24.1 Å². The highest BCUT2D eigenvalue weighted by molar-refractivity contribution is 7.09. The molecule has 2 heterocycles. The number of carbonyl (C=O) groups excluding carboxylic acids is 1. The molecule has 0 saturated carbocycles. The summed E-state index contributed by atoms with van der Waals surface area (Å²) < 4.78 is 0. The van der Waals surface area contributed by atoms with E-state index < -0.39 is 5.41 Å². The first-order chi connectivity index (χ1) is 25.4. The lowest BCUT2D eigenvalue weighted by molar-refractivity contribution is -0.128. The molecule has 1 aromatic heterocycles. The maximum Gasteiger partial charge on any atom is 0.290 e. The number of carbonyl (C=O) groups is 2. The molecule has 54 heavy (non-hydrogen) atoms. The van der Waals surface area contributed by atoms with E-state index in [4.69, 9.17) is 15.6 Å². The third kappa shape index (κ3) is 10.8. The normalized spacial score (nSPS) is 13.4. The van der Waals surface area contributed by atoms with Crippen molar-refractivity contribution >= 4 is 41.1 Å².